The summed E-state index contributed by atoms with van der Waals surface area (Å²) in [7, 11) is 0. The van der Waals surface area contributed by atoms with E-state index in [1.807, 2.05) is 0 Å². The third-order valence-corrected chi connectivity index (χ3v) is 0.295. The second kappa shape index (κ2) is 0.839. The summed E-state index contributed by atoms with van der Waals surface area (Å²) in [6, 6.07) is 0. The molecule has 3 heteroatoms. The lowest BCUT2D eigenvalue weighted by Gasteiger charge is -1.60. The van der Waals surface area contributed by atoms with Crippen molar-refractivity contribution in [1.29, 1.82) is 0 Å². The fourth-order valence-corrected chi connectivity index (χ4v) is 0.144. The van der Waals surface area contributed by atoms with Gasteiger partial charge in [-0.25, -0.2) is 0 Å². The lowest BCUT2D eigenvalue weighted by atomic mass is 11.0. The molecule has 1 aromatic rings. The summed E-state index contributed by atoms with van der Waals surface area (Å²) in [5, 5.41) is 9.03. The fraction of sp³-hybridized carbons (Fsp3) is 0. The van der Waals surface area contributed by atoms with Crippen molar-refractivity contribution in [2.75, 3.05) is 0 Å². The van der Waals surface area contributed by atoms with Crippen LogP contribution >= 0.6 is 0 Å². The summed E-state index contributed by atoms with van der Waals surface area (Å²) in [5.74, 6) is 0. The zero-order valence-electron chi connectivity index (χ0n) is 2.47. The molecule has 0 atom stereocenters. The number of hydrogen-bond donors (Lipinski definition) is 1. The van der Waals surface area contributed by atoms with Gasteiger partial charge >= 0.3 is 0 Å². The summed E-state index contributed by atoms with van der Waals surface area (Å²) < 4.78 is 0. The topological polar surface area (TPSA) is 41.6 Å². The minimum Gasteiger partial charge on any atom is -0.352 e. The first-order valence-electron chi connectivity index (χ1n) is 1.22. The zero-order chi connectivity index (χ0) is 3.54. The highest BCUT2D eigenvalue weighted by Gasteiger charge is 1.39. The minimum atomic E-state index is 1.53. The monoisotopic (exact) mass is 68.0 g/mol. The van der Waals surface area contributed by atoms with Crippen molar-refractivity contribution in [2.45, 2.75) is 0 Å². The van der Waals surface area contributed by atoms with Crippen LogP contribution in [0.5, 0.6) is 0 Å². The van der Waals surface area contributed by atoms with E-state index >= 15 is 0 Å². The van der Waals surface area contributed by atoms with Gasteiger partial charge in [0.1, 0.15) is 0 Å². The number of aromatic amines is 1. The Morgan fingerprint density at radius 2 is 2.80 bits per heavy atom. The van der Waals surface area contributed by atoms with Crippen LogP contribution in [0.15, 0.2) is 6.20 Å². The molecule has 0 radical (unpaired) electrons. The van der Waals surface area contributed by atoms with E-state index in [1.165, 1.54) is 6.20 Å². The highest BCUT2D eigenvalue weighted by molar-refractivity contribution is 4.50. The van der Waals surface area contributed by atoms with E-state index in [0.717, 1.165) is 0 Å². The van der Waals surface area contributed by atoms with Crippen LogP contribution in [0.3, 0.4) is 0 Å². The molecule has 0 aromatic carbocycles. The lowest BCUT2D eigenvalue weighted by molar-refractivity contribution is 0.938. The van der Waals surface area contributed by atoms with Crippen LogP contribution in [0, 0.1) is 6.20 Å². The van der Waals surface area contributed by atoms with E-state index in [2.05, 4.69) is 21.6 Å². The zero-order valence-corrected chi connectivity index (χ0v) is 2.47. The van der Waals surface area contributed by atoms with Crippen LogP contribution in [0.1, 0.15) is 0 Å². The molecular weight excluding hydrogens is 66.0 g/mol. The average molecular weight is 68.1 g/mol. The molecule has 5 heavy (non-hydrogen) atoms. The average Bonchev–Trinajstić information content (AvgIpc) is 1.76. The molecule has 0 unspecified atom stereocenters. The van der Waals surface area contributed by atoms with Crippen LogP contribution in [0.2, 0.25) is 0 Å². The highest BCUT2D eigenvalue weighted by Crippen LogP contribution is 1.53. The van der Waals surface area contributed by atoms with Gasteiger partial charge in [0.2, 0.25) is 0 Å². The van der Waals surface area contributed by atoms with Gasteiger partial charge in [0.15, 0.2) is 0 Å². The number of nitrogens with zero attached hydrogens (tertiary/aromatic N) is 2. The van der Waals surface area contributed by atoms with E-state index in [1.54, 1.807) is 0 Å². The molecule has 0 aliphatic heterocycles. The quantitative estimate of drug-likeness (QED) is 0.420. The summed E-state index contributed by atoms with van der Waals surface area (Å²) in [4.78, 5) is 0. The van der Waals surface area contributed by atoms with Crippen molar-refractivity contribution in [3.8, 4) is 0 Å². The van der Waals surface area contributed by atoms with Crippen molar-refractivity contribution in [1.82, 2.24) is 15.4 Å². The maximum Gasteiger partial charge on any atom is -0.112 e. The molecule has 0 bridgehead atoms. The number of rotatable bonds is 0. The Hall–Kier alpha value is -0.860. The third kappa shape index (κ3) is 0.238. The van der Waals surface area contributed by atoms with Crippen LogP contribution in [-0.2, 0) is 0 Å². The maximum atomic E-state index is 3.29. The largest absolute Gasteiger partial charge is 0.352 e. The molecule has 0 amide bonds. The number of hydrogen-bond acceptors (Lipinski definition) is 2. The van der Waals surface area contributed by atoms with E-state index in [0.29, 0.717) is 0 Å². The Kier molecular flexibility index (Phi) is 0.400. The predicted molar refractivity (Wildman–Crippen MR) is 15.2 cm³/mol. The van der Waals surface area contributed by atoms with E-state index in [9.17, 15) is 0 Å². The van der Waals surface area contributed by atoms with Crippen molar-refractivity contribution in [3.63, 3.8) is 0 Å². The molecule has 0 saturated heterocycles. The van der Waals surface area contributed by atoms with E-state index in [-0.39, 0.29) is 0 Å². The fourth-order valence-electron chi connectivity index (χ4n) is 0.144. The van der Waals surface area contributed by atoms with Crippen molar-refractivity contribution < 1.29 is 0 Å². The van der Waals surface area contributed by atoms with Crippen LogP contribution in [0.4, 0.5) is 0 Å². The lowest BCUT2D eigenvalue weighted by Crippen LogP contribution is -1.62. The van der Waals surface area contributed by atoms with Crippen LogP contribution in [0.25, 0.3) is 0 Å². The first-order chi connectivity index (χ1) is 2.50. The SMILES string of the molecule is [c-]1c[nH]nn1. The Morgan fingerprint density at radius 1 is 1.80 bits per heavy atom. The second-order valence-electron chi connectivity index (χ2n) is 0.603. The van der Waals surface area contributed by atoms with Gasteiger partial charge in [-0.1, -0.05) is 0 Å². The van der Waals surface area contributed by atoms with Gasteiger partial charge in [-0.05, 0) is 0 Å². The van der Waals surface area contributed by atoms with Gasteiger partial charge in [0.25, 0.3) is 0 Å². The summed E-state index contributed by atoms with van der Waals surface area (Å²) in [6.07, 6.45) is 3.97. The molecule has 0 aliphatic rings. The smallest absolute Gasteiger partial charge is 0.112 e. The predicted octanol–water partition coefficient (Wildman–Crippen LogP) is -0.395. The van der Waals surface area contributed by atoms with Gasteiger partial charge in [-0.2, -0.15) is 0 Å². The summed E-state index contributed by atoms with van der Waals surface area (Å²) in [6.45, 7) is 0. The molecule has 1 N–H and O–H groups in total. The Bertz CT molecular complexity index is 61.4. The Morgan fingerprint density at radius 3 is 3.00 bits per heavy atom. The van der Waals surface area contributed by atoms with E-state index in [4.69, 9.17) is 0 Å². The standard InChI is InChI=1S/C2H2N3/c1-2-4-5-3-1/h1H,(H,3,4,5)/q-1. The molecule has 3 nitrogen and oxygen atoms in total. The summed E-state index contributed by atoms with van der Waals surface area (Å²) >= 11 is 0. The number of aromatic nitrogens is 3. The maximum absolute atomic E-state index is 3.29. The first-order valence-corrected chi connectivity index (χ1v) is 1.22. The Labute approximate surface area is 29.0 Å². The molecule has 26 valence electrons. The minimum absolute atomic E-state index is 1.53. The second-order valence-corrected chi connectivity index (χ2v) is 0.603. The molecular formula is C2H2N3-. The molecule has 0 saturated carbocycles. The normalized spacial score (nSPS) is 8.00. The van der Waals surface area contributed by atoms with E-state index < -0.39 is 0 Å². The van der Waals surface area contributed by atoms with Crippen LogP contribution in [-0.4, -0.2) is 15.4 Å². The first kappa shape index (κ1) is 2.38. The van der Waals surface area contributed by atoms with Gasteiger partial charge < -0.3 is 16.4 Å². The number of nitrogens with one attached hydrogen (secondary N) is 1. The summed E-state index contributed by atoms with van der Waals surface area (Å²) in [5.41, 5.74) is 0. The third-order valence-electron chi connectivity index (χ3n) is 0.295. The molecule has 1 rings (SSSR count). The molecule has 0 aliphatic carbocycles. The highest BCUT2D eigenvalue weighted by atomic mass is 15.3. The van der Waals surface area contributed by atoms with Crippen molar-refractivity contribution in [3.05, 3.63) is 12.4 Å². The van der Waals surface area contributed by atoms with Gasteiger partial charge in [-0.3, -0.25) is 0 Å². The molecule has 0 spiro atoms. The molecule has 0 fully saturated rings. The molecule has 1 heterocycles. The number of H-pyrrole nitrogens is 1. The van der Waals surface area contributed by atoms with Gasteiger partial charge in [0.05, 0.1) is 0 Å². The van der Waals surface area contributed by atoms with Crippen LogP contribution < -0.4 is 0 Å². The van der Waals surface area contributed by atoms with Gasteiger partial charge in [0, 0.05) is 0 Å². The van der Waals surface area contributed by atoms with Crippen molar-refractivity contribution >= 4 is 0 Å². The van der Waals surface area contributed by atoms with Crippen molar-refractivity contribution in [2.24, 2.45) is 0 Å². The van der Waals surface area contributed by atoms with Gasteiger partial charge in [-0.15, -0.1) is 11.4 Å². The molecule has 1 aromatic heterocycles. The Balaban J connectivity index is 3.13.